The van der Waals surface area contributed by atoms with Crippen LogP contribution in [0.25, 0.3) is 0 Å². The summed E-state index contributed by atoms with van der Waals surface area (Å²) < 4.78 is 27.4. The van der Waals surface area contributed by atoms with Gasteiger partial charge in [-0.1, -0.05) is 17.7 Å². The van der Waals surface area contributed by atoms with Gasteiger partial charge in [0.2, 0.25) is 0 Å². The molecule has 0 saturated heterocycles. The highest BCUT2D eigenvalue weighted by Gasteiger charge is 2.19. The van der Waals surface area contributed by atoms with Gasteiger partial charge in [0, 0.05) is 6.20 Å². The van der Waals surface area contributed by atoms with E-state index in [4.69, 9.17) is 11.6 Å². The van der Waals surface area contributed by atoms with Crippen molar-refractivity contribution in [2.75, 3.05) is 4.72 Å². The van der Waals surface area contributed by atoms with Gasteiger partial charge >= 0.3 is 0 Å². The third-order valence-electron chi connectivity index (χ3n) is 3.60. The molecule has 1 N–H and O–H groups in total. The fourth-order valence-electron chi connectivity index (χ4n) is 2.54. The first-order valence-corrected chi connectivity index (χ1v) is 8.58. The van der Waals surface area contributed by atoms with Crippen molar-refractivity contribution in [2.45, 2.75) is 31.1 Å². The molecule has 0 atom stereocenters. The van der Waals surface area contributed by atoms with Crippen LogP contribution < -0.4 is 4.72 Å². The summed E-state index contributed by atoms with van der Waals surface area (Å²) in [6.07, 6.45) is 4.64. The molecule has 110 valence electrons. The van der Waals surface area contributed by atoms with E-state index in [1.165, 1.54) is 5.56 Å². The molecule has 2 aromatic rings. The van der Waals surface area contributed by atoms with Gasteiger partial charge in [0.15, 0.2) is 5.15 Å². The maximum atomic E-state index is 12.5. The Morgan fingerprint density at radius 3 is 2.76 bits per heavy atom. The fourth-order valence-corrected chi connectivity index (χ4v) is 3.86. The Morgan fingerprint density at radius 1 is 1.19 bits per heavy atom. The third-order valence-corrected chi connectivity index (χ3v) is 5.26. The largest absolute Gasteiger partial charge is 0.276 e. The highest BCUT2D eigenvalue weighted by atomic mass is 35.5. The zero-order chi connectivity index (χ0) is 15.0. The number of nitrogens with zero attached hydrogens (tertiary/aromatic N) is 1. The molecule has 0 radical (unpaired) electrons. The predicted molar refractivity (Wildman–Crippen MR) is 83.3 cm³/mol. The molecule has 0 spiro atoms. The lowest BCUT2D eigenvalue weighted by Gasteiger charge is -2.11. The Balaban J connectivity index is 1.95. The molecule has 6 heteroatoms. The normalized spacial score (nSPS) is 14.0. The van der Waals surface area contributed by atoms with Crippen LogP contribution in [-0.4, -0.2) is 13.4 Å². The molecule has 1 aliphatic rings. The number of hydrogen-bond donors (Lipinski definition) is 1. The molecule has 0 saturated carbocycles. The number of pyridine rings is 1. The van der Waals surface area contributed by atoms with Crippen molar-refractivity contribution in [3.63, 3.8) is 0 Å². The maximum Gasteiger partial charge on any atom is 0.262 e. The minimum atomic E-state index is -3.65. The number of aromatic nitrogens is 1. The summed E-state index contributed by atoms with van der Waals surface area (Å²) in [5.41, 5.74) is 3.50. The van der Waals surface area contributed by atoms with E-state index in [-0.39, 0.29) is 10.0 Å². The molecule has 1 aliphatic carbocycles. The highest BCUT2D eigenvalue weighted by Crippen LogP contribution is 2.27. The second kappa shape index (κ2) is 5.31. The van der Waals surface area contributed by atoms with Gasteiger partial charge in [-0.05, 0) is 61.1 Å². The summed E-state index contributed by atoms with van der Waals surface area (Å²) in [6.45, 7) is 1.83. The minimum Gasteiger partial charge on any atom is -0.276 e. The number of rotatable bonds is 3. The third kappa shape index (κ3) is 2.89. The van der Waals surface area contributed by atoms with E-state index in [1.54, 1.807) is 24.4 Å². The quantitative estimate of drug-likeness (QED) is 0.882. The molecule has 1 heterocycles. The van der Waals surface area contributed by atoms with Gasteiger partial charge in [0.1, 0.15) is 0 Å². The molecule has 3 rings (SSSR count). The maximum absolute atomic E-state index is 12.5. The molecule has 1 aromatic heterocycles. The van der Waals surface area contributed by atoms with Crippen LogP contribution >= 0.6 is 11.6 Å². The molecular weight excluding hydrogens is 308 g/mol. The van der Waals surface area contributed by atoms with Crippen LogP contribution in [0.2, 0.25) is 5.15 Å². The summed E-state index contributed by atoms with van der Waals surface area (Å²) in [4.78, 5) is 4.22. The number of fused-ring (bicyclic) bond motifs is 1. The van der Waals surface area contributed by atoms with Gasteiger partial charge in [-0.15, -0.1) is 0 Å². The summed E-state index contributed by atoms with van der Waals surface area (Å²) in [7, 11) is -3.65. The molecule has 0 aliphatic heterocycles. The van der Waals surface area contributed by atoms with E-state index in [1.807, 2.05) is 13.0 Å². The van der Waals surface area contributed by atoms with Crippen LogP contribution in [0.1, 0.15) is 23.1 Å². The van der Waals surface area contributed by atoms with E-state index in [2.05, 4.69) is 9.71 Å². The van der Waals surface area contributed by atoms with Gasteiger partial charge in [-0.3, -0.25) is 4.72 Å². The van der Waals surface area contributed by atoms with Crippen molar-refractivity contribution in [3.8, 4) is 0 Å². The standard InChI is InChI=1S/C15H15ClN2O2S/c1-10-7-14(15(16)17-9-10)18-21(19,20)13-6-5-11-3-2-4-12(11)8-13/h5-9,18H,2-4H2,1H3. The molecule has 4 nitrogen and oxygen atoms in total. The summed E-state index contributed by atoms with van der Waals surface area (Å²) >= 11 is 5.95. The molecule has 0 unspecified atom stereocenters. The van der Waals surface area contributed by atoms with Crippen LogP contribution in [0.3, 0.4) is 0 Å². The summed E-state index contributed by atoms with van der Waals surface area (Å²) in [6, 6.07) is 6.96. The van der Waals surface area contributed by atoms with Crippen LogP contribution in [0.4, 0.5) is 5.69 Å². The van der Waals surface area contributed by atoms with Gasteiger partial charge in [-0.25, -0.2) is 13.4 Å². The predicted octanol–water partition coefficient (Wildman–Crippen LogP) is 3.33. The fraction of sp³-hybridized carbons (Fsp3) is 0.267. The Morgan fingerprint density at radius 2 is 1.95 bits per heavy atom. The van der Waals surface area contributed by atoms with E-state index in [0.717, 1.165) is 30.4 Å². The smallest absolute Gasteiger partial charge is 0.262 e. The van der Waals surface area contributed by atoms with Gasteiger partial charge in [0.05, 0.1) is 10.6 Å². The SMILES string of the molecule is Cc1cnc(Cl)c(NS(=O)(=O)c2ccc3c(c2)CCC3)c1. The van der Waals surface area contributed by atoms with E-state index in [9.17, 15) is 8.42 Å². The van der Waals surface area contributed by atoms with Gasteiger partial charge < -0.3 is 0 Å². The Hall–Kier alpha value is -1.59. The van der Waals surface area contributed by atoms with Gasteiger partial charge in [0.25, 0.3) is 10.0 Å². The lowest BCUT2D eigenvalue weighted by molar-refractivity contribution is 0.601. The monoisotopic (exact) mass is 322 g/mol. The van der Waals surface area contributed by atoms with Crippen LogP contribution in [0.15, 0.2) is 35.4 Å². The van der Waals surface area contributed by atoms with E-state index < -0.39 is 10.0 Å². The second-order valence-electron chi connectivity index (χ2n) is 5.24. The lowest BCUT2D eigenvalue weighted by atomic mass is 10.1. The molecule has 0 fully saturated rings. The Labute approximate surface area is 129 Å². The number of aryl methyl sites for hydroxylation is 3. The number of sulfonamides is 1. The van der Waals surface area contributed by atoms with Crippen molar-refractivity contribution in [1.29, 1.82) is 0 Å². The van der Waals surface area contributed by atoms with Crippen molar-refractivity contribution in [2.24, 2.45) is 0 Å². The number of benzene rings is 1. The second-order valence-corrected chi connectivity index (χ2v) is 7.28. The molecule has 1 aromatic carbocycles. The van der Waals surface area contributed by atoms with Crippen LogP contribution in [0.5, 0.6) is 0 Å². The highest BCUT2D eigenvalue weighted by molar-refractivity contribution is 7.92. The van der Waals surface area contributed by atoms with Crippen LogP contribution in [-0.2, 0) is 22.9 Å². The first kappa shape index (κ1) is 14.4. The lowest BCUT2D eigenvalue weighted by Crippen LogP contribution is -2.14. The Bertz CT molecular complexity index is 803. The zero-order valence-electron chi connectivity index (χ0n) is 11.6. The topological polar surface area (TPSA) is 59.1 Å². The van der Waals surface area contributed by atoms with Crippen molar-refractivity contribution in [1.82, 2.24) is 4.98 Å². The molecule has 21 heavy (non-hydrogen) atoms. The van der Waals surface area contributed by atoms with Crippen molar-refractivity contribution in [3.05, 3.63) is 52.3 Å². The number of anilines is 1. The Kier molecular flexibility index (Phi) is 3.63. The summed E-state index contributed by atoms with van der Waals surface area (Å²) in [5, 5.41) is 0.144. The molecule has 0 amide bonds. The zero-order valence-corrected chi connectivity index (χ0v) is 13.1. The minimum absolute atomic E-state index is 0.144. The molecule has 0 bridgehead atoms. The average molecular weight is 323 g/mol. The summed E-state index contributed by atoms with van der Waals surface area (Å²) in [5.74, 6) is 0. The first-order chi connectivity index (χ1) is 9.95. The van der Waals surface area contributed by atoms with E-state index >= 15 is 0 Å². The van der Waals surface area contributed by atoms with Crippen molar-refractivity contribution >= 4 is 27.3 Å². The number of hydrogen-bond acceptors (Lipinski definition) is 3. The average Bonchev–Trinajstić information content (AvgIpc) is 2.90. The van der Waals surface area contributed by atoms with Gasteiger partial charge in [-0.2, -0.15) is 0 Å². The molecular formula is C15H15ClN2O2S. The van der Waals surface area contributed by atoms with E-state index in [0.29, 0.717) is 5.69 Å². The van der Waals surface area contributed by atoms with Crippen molar-refractivity contribution < 1.29 is 8.42 Å². The van der Waals surface area contributed by atoms with Crippen LogP contribution in [0, 0.1) is 6.92 Å². The number of nitrogens with one attached hydrogen (secondary N) is 1. The number of halogens is 1. The first-order valence-electron chi connectivity index (χ1n) is 6.72.